The van der Waals surface area contributed by atoms with Crippen molar-refractivity contribution in [1.82, 2.24) is 0 Å². The van der Waals surface area contributed by atoms with Gasteiger partial charge in [0.2, 0.25) is 0 Å². The van der Waals surface area contributed by atoms with Crippen LogP contribution in [0, 0.1) is 5.41 Å². The molecule has 0 bridgehead atoms. The molecule has 0 atom stereocenters. The Balaban J connectivity index is 3.12. The van der Waals surface area contributed by atoms with Gasteiger partial charge in [-0.3, -0.25) is 0 Å². The molecule has 3 nitrogen and oxygen atoms in total. The van der Waals surface area contributed by atoms with Crippen molar-refractivity contribution in [3.05, 3.63) is 41.8 Å². The van der Waals surface area contributed by atoms with E-state index in [0.717, 1.165) is 5.56 Å². The van der Waals surface area contributed by atoms with Gasteiger partial charge in [0, 0.05) is 6.21 Å². The molecule has 1 aromatic rings. The molecular formula is C10H12N2O. The van der Waals surface area contributed by atoms with Crippen molar-refractivity contribution < 1.29 is 4.74 Å². The number of ether oxygens (including phenoxy) is 1. The minimum absolute atomic E-state index is 0.265. The highest BCUT2D eigenvalue weighted by Crippen LogP contribution is 2.13. The molecule has 0 heterocycles. The lowest BCUT2D eigenvalue weighted by Crippen LogP contribution is -2.04. The average Bonchev–Trinajstić information content (AvgIpc) is 2.20. The van der Waals surface area contributed by atoms with E-state index in [-0.39, 0.29) is 5.88 Å². The first kappa shape index (κ1) is 9.32. The molecule has 68 valence electrons. The van der Waals surface area contributed by atoms with Crippen LogP contribution in [0.5, 0.6) is 0 Å². The quantitative estimate of drug-likeness (QED) is 0.543. The molecule has 0 saturated carbocycles. The van der Waals surface area contributed by atoms with Gasteiger partial charge in [-0.2, -0.15) is 0 Å². The van der Waals surface area contributed by atoms with Crippen LogP contribution >= 0.6 is 0 Å². The summed E-state index contributed by atoms with van der Waals surface area (Å²) in [4.78, 5) is 0. The molecule has 0 spiro atoms. The minimum Gasteiger partial charge on any atom is -0.482 e. The molecule has 1 aromatic carbocycles. The fraction of sp³-hybridized carbons (Fsp3) is 0.100. The second-order valence-corrected chi connectivity index (χ2v) is 2.49. The van der Waals surface area contributed by atoms with E-state index in [1.165, 1.54) is 13.3 Å². The molecule has 0 unspecified atom stereocenters. The van der Waals surface area contributed by atoms with Crippen LogP contribution in [0.2, 0.25) is 0 Å². The van der Waals surface area contributed by atoms with E-state index in [0.29, 0.717) is 5.57 Å². The van der Waals surface area contributed by atoms with Crippen molar-refractivity contribution in [2.75, 3.05) is 7.11 Å². The van der Waals surface area contributed by atoms with Gasteiger partial charge < -0.3 is 15.9 Å². The topological polar surface area (TPSA) is 59.1 Å². The molecule has 0 radical (unpaired) electrons. The Kier molecular flexibility index (Phi) is 3.09. The lowest BCUT2D eigenvalue weighted by Gasteiger charge is -2.05. The van der Waals surface area contributed by atoms with Crippen molar-refractivity contribution in [3.8, 4) is 0 Å². The van der Waals surface area contributed by atoms with Crippen LogP contribution in [-0.2, 0) is 4.74 Å². The van der Waals surface area contributed by atoms with Crippen molar-refractivity contribution in [3.63, 3.8) is 0 Å². The maximum Gasteiger partial charge on any atom is 0.193 e. The van der Waals surface area contributed by atoms with Gasteiger partial charge in [-0.1, -0.05) is 30.3 Å². The van der Waals surface area contributed by atoms with Gasteiger partial charge in [-0.15, -0.1) is 0 Å². The van der Waals surface area contributed by atoms with Gasteiger partial charge >= 0.3 is 0 Å². The van der Waals surface area contributed by atoms with E-state index in [1.54, 1.807) is 0 Å². The van der Waals surface area contributed by atoms with Crippen molar-refractivity contribution in [2.24, 2.45) is 5.73 Å². The second-order valence-electron chi connectivity index (χ2n) is 2.49. The third-order valence-electron chi connectivity index (χ3n) is 1.71. The zero-order valence-corrected chi connectivity index (χ0v) is 7.45. The van der Waals surface area contributed by atoms with Gasteiger partial charge in [0.25, 0.3) is 0 Å². The predicted molar refractivity (Wildman–Crippen MR) is 53.3 cm³/mol. The third-order valence-corrected chi connectivity index (χ3v) is 1.71. The maximum atomic E-state index is 7.19. The molecule has 13 heavy (non-hydrogen) atoms. The number of nitrogens with one attached hydrogen (secondary N) is 1. The first-order chi connectivity index (χ1) is 6.29. The highest BCUT2D eigenvalue weighted by Gasteiger charge is 2.02. The summed E-state index contributed by atoms with van der Waals surface area (Å²) in [5.74, 6) is 0.265. The van der Waals surface area contributed by atoms with E-state index in [2.05, 4.69) is 0 Å². The van der Waals surface area contributed by atoms with E-state index in [4.69, 9.17) is 15.9 Å². The van der Waals surface area contributed by atoms with Crippen LogP contribution in [0.25, 0.3) is 5.57 Å². The summed E-state index contributed by atoms with van der Waals surface area (Å²) < 4.78 is 4.86. The maximum absolute atomic E-state index is 7.19. The predicted octanol–water partition coefficient (Wildman–Crippen LogP) is 1.61. The zero-order valence-electron chi connectivity index (χ0n) is 7.45. The first-order valence-corrected chi connectivity index (χ1v) is 3.89. The van der Waals surface area contributed by atoms with E-state index in [9.17, 15) is 0 Å². The van der Waals surface area contributed by atoms with Crippen LogP contribution in [0.3, 0.4) is 0 Å². The Bertz CT molecular complexity index is 317. The molecule has 0 aliphatic carbocycles. The molecule has 0 fully saturated rings. The molecular weight excluding hydrogens is 164 g/mol. The number of hydrogen-bond donors (Lipinski definition) is 2. The number of allylic oxidation sites excluding steroid dienone is 1. The molecule has 3 N–H and O–H groups in total. The molecule has 0 aliphatic rings. The summed E-state index contributed by atoms with van der Waals surface area (Å²) >= 11 is 0. The fourth-order valence-electron chi connectivity index (χ4n) is 1.02. The number of nitrogens with two attached hydrogens (primary N) is 1. The van der Waals surface area contributed by atoms with Crippen molar-refractivity contribution >= 4 is 11.8 Å². The second kappa shape index (κ2) is 4.30. The summed E-state index contributed by atoms with van der Waals surface area (Å²) in [7, 11) is 1.49. The largest absolute Gasteiger partial charge is 0.482 e. The number of rotatable bonds is 3. The van der Waals surface area contributed by atoms with Crippen LogP contribution in [0.15, 0.2) is 36.2 Å². The van der Waals surface area contributed by atoms with E-state index in [1.807, 2.05) is 30.3 Å². The van der Waals surface area contributed by atoms with Crippen LogP contribution < -0.4 is 5.73 Å². The third kappa shape index (κ3) is 2.08. The van der Waals surface area contributed by atoms with Gasteiger partial charge in [0.05, 0.1) is 12.7 Å². The summed E-state index contributed by atoms with van der Waals surface area (Å²) in [5, 5.41) is 7.19. The Hall–Kier alpha value is -1.77. The molecule has 3 heteroatoms. The Morgan fingerprint density at radius 3 is 2.46 bits per heavy atom. The highest BCUT2D eigenvalue weighted by atomic mass is 16.5. The van der Waals surface area contributed by atoms with E-state index < -0.39 is 0 Å². The Morgan fingerprint density at radius 1 is 1.38 bits per heavy atom. The Morgan fingerprint density at radius 2 is 2.00 bits per heavy atom. The van der Waals surface area contributed by atoms with Gasteiger partial charge in [-0.25, -0.2) is 0 Å². The van der Waals surface area contributed by atoms with Crippen LogP contribution in [0.1, 0.15) is 5.56 Å². The summed E-state index contributed by atoms with van der Waals surface area (Å²) in [6, 6.07) is 9.45. The summed E-state index contributed by atoms with van der Waals surface area (Å²) in [5.41, 5.74) is 7.05. The average molecular weight is 176 g/mol. The standard InChI is InChI=1S/C10H12N2O/c1-13-10(12)9(7-11)8-5-3-2-4-6-8/h2-7,11H,12H2,1H3/b10-9-,11-7?. The molecule has 0 aliphatic heterocycles. The van der Waals surface area contributed by atoms with Gasteiger partial charge in [-0.05, 0) is 5.56 Å². The van der Waals surface area contributed by atoms with Crippen LogP contribution in [0.4, 0.5) is 0 Å². The van der Waals surface area contributed by atoms with Crippen molar-refractivity contribution in [2.45, 2.75) is 0 Å². The summed E-state index contributed by atoms with van der Waals surface area (Å²) in [6.07, 6.45) is 1.19. The van der Waals surface area contributed by atoms with E-state index >= 15 is 0 Å². The number of benzene rings is 1. The number of hydrogen-bond acceptors (Lipinski definition) is 3. The monoisotopic (exact) mass is 176 g/mol. The van der Waals surface area contributed by atoms with Crippen LogP contribution in [-0.4, -0.2) is 13.3 Å². The lowest BCUT2D eigenvalue weighted by atomic mass is 10.1. The molecule has 0 aromatic heterocycles. The highest BCUT2D eigenvalue weighted by molar-refractivity contribution is 6.08. The smallest absolute Gasteiger partial charge is 0.193 e. The first-order valence-electron chi connectivity index (χ1n) is 3.89. The normalized spacial score (nSPS) is 11.8. The lowest BCUT2D eigenvalue weighted by molar-refractivity contribution is 0.290. The number of methoxy groups -OCH3 is 1. The molecule has 0 saturated heterocycles. The summed E-state index contributed by atoms with van der Waals surface area (Å²) in [6.45, 7) is 0. The Labute approximate surface area is 77.3 Å². The zero-order chi connectivity index (χ0) is 9.68. The van der Waals surface area contributed by atoms with Gasteiger partial charge in [0.15, 0.2) is 5.88 Å². The molecule has 0 amide bonds. The fourth-order valence-corrected chi connectivity index (χ4v) is 1.02. The minimum atomic E-state index is 0.265. The van der Waals surface area contributed by atoms with Gasteiger partial charge in [0.1, 0.15) is 0 Å². The SMILES string of the molecule is CO/C(N)=C(/C=N)c1ccccc1. The van der Waals surface area contributed by atoms with Crippen molar-refractivity contribution in [1.29, 1.82) is 5.41 Å². The molecule has 1 rings (SSSR count).